The summed E-state index contributed by atoms with van der Waals surface area (Å²) in [5.41, 5.74) is 3.66. The van der Waals surface area contributed by atoms with Gasteiger partial charge in [-0.1, -0.05) is 36.4 Å². The number of aliphatic hydroxyl groups is 6. The van der Waals surface area contributed by atoms with E-state index in [-0.39, 0.29) is 44.6 Å². The van der Waals surface area contributed by atoms with E-state index in [1.165, 1.54) is 51.8 Å². The average Bonchev–Trinajstić information content (AvgIpc) is 4.19. The third kappa shape index (κ3) is 17.7. The molecule has 6 aromatic rings. The van der Waals surface area contributed by atoms with Gasteiger partial charge in [-0.05, 0) is 105 Å². The molecule has 0 radical (unpaired) electrons. The molecule has 0 aliphatic carbocycles. The van der Waals surface area contributed by atoms with Gasteiger partial charge in [-0.15, -0.1) is 46.4 Å². The van der Waals surface area contributed by atoms with Gasteiger partial charge in [0.2, 0.25) is 5.91 Å². The maximum absolute atomic E-state index is 11.9. The topological polar surface area (TPSA) is 222 Å². The Morgan fingerprint density at radius 1 is 0.537 bits per heavy atom. The zero-order valence-corrected chi connectivity index (χ0v) is 40.4. The molecule has 15 nitrogen and oxygen atoms in total. The number of aliphatic hydroxyl groups excluding tert-OH is 6. The van der Waals surface area contributed by atoms with E-state index in [2.05, 4.69) is 94.3 Å². The molecule has 6 heterocycles. The normalized spacial score (nSPS) is 21.3. The third-order valence-corrected chi connectivity index (χ3v) is 13.9. The molecule has 3 saturated heterocycles. The first-order valence-corrected chi connectivity index (χ1v) is 24.7. The molecule has 3 aromatic carbocycles. The largest absolute Gasteiger partial charge is 0.480 e. The molecular formula is C48H62ClN3O12S3. The number of carboxylic acids is 1. The fourth-order valence-electron chi connectivity index (χ4n) is 7.44. The fourth-order valence-corrected chi connectivity index (χ4v) is 9.76. The second-order valence-corrected chi connectivity index (χ2v) is 19.2. The predicted octanol–water partition coefficient (Wildman–Crippen LogP) is 3.80. The third-order valence-electron chi connectivity index (χ3n) is 11.3. The number of carbonyl (C=O) groups is 2. The smallest absolute Gasteiger partial charge is 0.329 e. The lowest BCUT2D eigenvalue weighted by Gasteiger charge is -2.15. The maximum atomic E-state index is 11.9. The van der Waals surface area contributed by atoms with E-state index in [1.807, 2.05) is 4.90 Å². The van der Waals surface area contributed by atoms with Crippen molar-refractivity contribution in [2.45, 2.75) is 55.9 Å². The number of carbonyl (C=O) groups excluding carboxylic acids is 1. The number of hydrogen-bond acceptors (Lipinski definition) is 16. The highest BCUT2D eigenvalue weighted by molar-refractivity contribution is 7.17. The van der Waals surface area contributed by atoms with Gasteiger partial charge in [-0.2, -0.15) is 0 Å². The molecule has 0 saturated carbocycles. The van der Waals surface area contributed by atoms with Gasteiger partial charge in [0.1, 0.15) is 13.2 Å². The van der Waals surface area contributed by atoms with Crippen molar-refractivity contribution in [1.29, 1.82) is 0 Å². The Kier molecular flexibility index (Phi) is 22.8. The average molecular weight is 1000 g/mol. The molecule has 6 atom stereocenters. The minimum Gasteiger partial charge on any atom is -0.480 e. The molecule has 0 spiro atoms. The molecule has 0 unspecified atom stereocenters. The molecule has 67 heavy (non-hydrogen) atoms. The Bertz CT molecular complexity index is 2370. The number of thiophene rings is 3. The summed E-state index contributed by atoms with van der Waals surface area (Å²) in [7, 11) is 0. The lowest BCUT2D eigenvalue weighted by molar-refractivity contribution is -0.142. The van der Waals surface area contributed by atoms with Gasteiger partial charge < -0.3 is 60.2 Å². The van der Waals surface area contributed by atoms with E-state index < -0.39 is 42.6 Å². The van der Waals surface area contributed by atoms with Crippen LogP contribution in [0.4, 0.5) is 0 Å². The first-order valence-electron chi connectivity index (χ1n) is 22.0. The zero-order chi connectivity index (χ0) is 46.8. The number of carboxylic acid groups (broad SMARTS) is 1. The van der Waals surface area contributed by atoms with Gasteiger partial charge in [0.15, 0.2) is 0 Å². The van der Waals surface area contributed by atoms with Crippen LogP contribution in [0, 0.1) is 0 Å². The predicted molar refractivity (Wildman–Crippen MR) is 266 cm³/mol. The van der Waals surface area contributed by atoms with Crippen LogP contribution in [0.2, 0.25) is 0 Å². The number of fused-ring (bicyclic) bond motifs is 3. The number of amides is 1. The van der Waals surface area contributed by atoms with Crippen LogP contribution < -0.4 is 5.32 Å². The van der Waals surface area contributed by atoms with Gasteiger partial charge in [-0.25, -0.2) is 4.79 Å². The van der Waals surface area contributed by atoms with Crippen molar-refractivity contribution in [3.8, 4) is 0 Å². The molecule has 3 fully saturated rings. The number of nitrogens with zero attached hydrogens (tertiary/aromatic N) is 2. The molecule has 19 heteroatoms. The van der Waals surface area contributed by atoms with Crippen molar-refractivity contribution in [2.75, 3.05) is 85.5 Å². The van der Waals surface area contributed by atoms with E-state index in [0.717, 1.165) is 25.8 Å². The number of β-amino-alcohol motifs (C(OH)–C–C–N with tert-alkyl or cyclic N) is 6. The highest BCUT2D eigenvalue weighted by Gasteiger charge is 2.32. The maximum Gasteiger partial charge on any atom is 0.329 e. The van der Waals surface area contributed by atoms with E-state index >= 15 is 0 Å². The number of likely N-dealkylation sites (tertiary alicyclic amines) is 2. The summed E-state index contributed by atoms with van der Waals surface area (Å²) in [4.78, 5) is 25.6. The molecule has 3 aliphatic rings. The summed E-state index contributed by atoms with van der Waals surface area (Å²) in [6.07, 6.45) is -1.58. The Labute approximate surface area is 408 Å². The monoisotopic (exact) mass is 1000 g/mol. The van der Waals surface area contributed by atoms with Crippen molar-refractivity contribution in [3.63, 3.8) is 0 Å². The van der Waals surface area contributed by atoms with E-state index in [4.69, 9.17) is 29.5 Å². The first-order chi connectivity index (χ1) is 31.9. The lowest BCUT2D eigenvalue weighted by Crippen LogP contribution is -2.33. The van der Waals surface area contributed by atoms with Crippen LogP contribution in [-0.4, -0.2) is 180 Å². The van der Waals surface area contributed by atoms with Crippen LogP contribution in [0.25, 0.3) is 30.3 Å². The first kappa shape index (κ1) is 54.3. The molecule has 3 aliphatic heterocycles. The van der Waals surface area contributed by atoms with Gasteiger partial charge in [0.05, 0.1) is 63.1 Å². The van der Waals surface area contributed by atoms with E-state index in [9.17, 15) is 30.0 Å². The summed E-state index contributed by atoms with van der Waals surface area (Å²) in [5, 5.41) is 76.4. The van der Waals surface area contributed by atoms with Crippen LogP contribution in [0.15, 0.2) is 88.9 Å². The van der Waals surface area contributed by atoms with Gasteiger partial charge in [0, 0.05) is 59.9 Å². The zero-order valence-electron chi connectivity index (χ0n) is 37.1. The standard InChI is InChI=1S/C16H19NO4S.C16H21NO3S.C12H12O3S.C4H9NO2.ClH/c18-13-8-17(9-14(13)19)16(20)10-21-5-3-11-1-2-15-12(7-11)4-6-22-15;18-14-10-17(11-15(14)19)5-7-20-6-3-12-1-2-16-13(9-12)4-8-21-16;13-12(14)8-15-5-3-9-1-2-11-10(7-9)4-6-16-11;6-3-1-5-2-4(3)7;/h1-2,4,6-7,13-14,18-19H,3,5,8-10H2;1-2,4,8-9,14-15,18-19H,3,5-7,10-11H2;1-2,4,6-7H,3,5,8H2,(H,13,14);3-7H,1-2H2;1H/t13-,14-;14-,15-;;3-,4-;/m11.1./s1. The number of benzene rings is 3. The minimum atomic E-state index is -0.923. The number of ether oxygens (including phenoxy) is 3. The van der Waals surface area contributed by atoms with Crippen molar-refractivity contribution in [3.05, 3.63) is 106 Å². The van der Waals surface area contributed by atoms with Crippen molar-refractivity contribution >= 4 is 88.6 Å². The van der Waals surface area contributed by atoms with Crippen molar-refractivity contribution in [1.82, 2.24) is 15.1 Å². The quantitative estimate of drug-likeness (QED) is 0.0647. The van der Waals surface area contributed by atoms with Crippen LogP contribution in [0.5, 0.6) is 0 Å². The summed E-state index contributed by atoms with van der Waals surface area (Å²) >= 11 is 5.20. The summed E-state index contributed by atoms with van der Waals surface area (Å²) in [6, 6.07) is 25.5. The van der Waals surface area contributed by atoms with Crippen LogP contribution in [0.1, 0.15) is 16.7 Å². The fraction of sp³-hybridized carbons (Fsp3) is 0.458. The van der Waals surface area contributed by atoms with E-state index in [0.29, 0.717) is 52.6 Å². The van der Waals surface area contributed by atoms with Gasteiger partial charge in [0.25, 0.3) is 0 Å². The Hall–Kier alpha value is -3.67. The van der Waals surface area contributed by atoms with Crippen molar-refractivity contribution in [2.24, 2.45) is 0 Å². The summed E-state index contributed by atoms with van der Waals surface area (Å²) in [5.74, 6) is -1.11. The van der Waals surface area contributed by atoms with Gasteiger partial charge >= 0.3 is 5.97 Å². The molecule has 366 valence electrons. The number of halogens is 1. The Balaban J connectivity index is 0.000000176. The highest BCUT2D eigenvalue weighted by Crippen LogP contribution is 2.24. The lowest BCUT2D eigenvalue weighted by atomic mass is 10.1. The molecule has 3 aromatic heterocycles. The SMILES string of the molecule is Cl.O=C(COCCc1ccc2sccc2c1)N1C[C@@H](O)[C@H](O)C1.O=C(O)COCCc1ccc2sccc2c1.O[C@@H]1CN(CCOCCc2ccc3sccc3c2)C[C@H]1O.O[C@@H]1CNC[C@H]1O. The second-order valence-electron chi connectivity index (χ2n) is 16.4. The van der Waals surface area contributed by atoms with Crippen molar-refractivity contribution < 1.29 is 59.5 Å². The molecule has 1 amide bonds. The van der Waals surface area contributed by atoms with E-state index in [1.54, 1.807) is 34.0 Å². The highest BCUT2D eigenvalue weighted by atomic mass is 35.5. The second kappa shape index (κ2) is 28.1. The van der Waals surface area contributed by atoms with Crippen LogP contribution in [-0.2, 0) is 43.1 Å². The molecule has 9 rings (SSSR count). The van der Waals surface area contributed by atoms with Crippen LogP contribution in [0.3, 0.4) is 0 Å². The van der Waals surface area contributed by atoms with Gasteiger partial charge in [-0.3, -0.25) is 9.69 Å². The van der Waals surface area contributed by atoms with Crippen LogP contribution >= 0.6 is 46.4 Å². The summed E-state index contributed by atoms with van der Waals surface area (Å²) < 4.78 is 19.9. The minimum absolute atomic E-state index is 0. The summed E-state index contributed by atoms with van der Waals surface area (Å²) in [6.45, 7) is 5.28. The Morgan fingerprint density at radius 2 is 0.940 bits per heavy atom. The number of hydrogen-bond donors (Lipinski definition) is 8. The molecular weight excluding hydrogens is 942 g/mol. The number of aliphatic carboxylic acids is 1. The number of rotatable bonds is 16. The number of nitrogens with one attached hydrogen (secondary N) is 1. The Morgan fingerprint density at radius 3 is 1.34 bits per heavy atom. The molecule has 8 N–H and O–H groups in total. The molecule has 0 bridgehead atoms.